The van der Waals surface area contributed by atoms with Gasteiger partial charge in [0.1, 0.15) is 0 Å². The molecular formula is C59H53N. The van der Waals surface area contributed by atoms with Gasteiger partial charge in [-0.05, 0) is 171 Å². The van der Waals surface area contributed by atoms with Crippen LogP contribution in [0.1, 0.15) is 87.5 Å². The Bertz CT molecular complexity index is 2810. The van der Waals surface area contributed by atoms with Gasteiger partial charge in [-0.15, -0.1) is 0 Å². The van der Waals surface area contributed by atoms with Gasteiger partial charge in [-0.25, -0.2) is 0 Å². The molecule has 0 aromatic heterocycles. The third-order valence-electron chi connectivity index (χ3n) is 15.5. The van der Waals surface area contributed by atoms with Crippen LogP contribution in [-0.4, -0.2) is 0 Å². The average molecular weight is 776 g/mol. The van der Waals surface area contributed by atoms with Crippen molar-refractivity contribution >= 4 is 33.4 Å². The molecule has 0 amide bonds. The van der Waals surface area contributed by atoms with Crippen LogP contribution in [0.2, 0.25) is 0 Å². The maximum Gasteiger partial charge on any atom is 0.0540 e. The molecule has 1 nitrogen and oxygen atoms in total. The molecule has 0 radical (unpaired) electrons. The maximum absolute atomic E-state index is 2.48. The highest BCUT2D eigenvalue weighted by molar-refractivity contribution is 6.05. The number of rotatable bonds is 7. The predicted molar refractivity (Wildman–Crippen MR) is 253 cm³/mol. The van der Waals surface area contributed by atoms with Crippen LogP contribution in [0, 0.1) is 17.8 Å². The first-order chi connectivity index (χ1) is 29.4. The molecule has 294 valence electrons. The van der Waals surface area contributed by atoms with Crippen LogP contribution in [0.5, 0.6) is 0 Å². The highest BCUT2D eigenvalue weighted by atomic mass is 15.1. The Kier molecular flexibility index (Phi) is 8.28. The molecular weight excluding hydrogens is 723 g/mol. The molecule has 4 saturated carbocycles. The lowest BCUT2D eigenvalue weighted by molar-refractivity contribution is -0.00518. The second-order valence-electron chi connectivity index (χ2n) is 19.5. The van der Waals surface area contributed by atoms with Crippen LogP contribution in [0.4, 0.5) is 17.1 Å². The molecule has 60 heavy (non-hydrogen) atoms. The molecule has 1 heteroatoms. The normalized spacial score (nSPS) is 23.0. The lowest BCUT2D eigenvalue weighted by Crippen LogP contribution is -2.48. The Balaban J connectivity index is 0.888. The van der Waals surface area contributed by atoms with Gasteiger partial charge in [-0.2, -0.15) is 0 Å². The van der Waals surface area contributed by atoms with E-state index in [0.717, 1.165) is 36.3 Å². The van der Waals surface area contributed by atoms with Crippen molar-refractivity contribution in [2.24, 2.45) is 17.8 Å². The zero-order chi connectivity index (χ0) is 40.0. The summed E-state index contributed by atoms with van der Waals surface area (Å²) in [7, 11) is 0. The maximum atomic E-state index is 2.48. The van der Waals surface area contributed by atoms with Gasteiger partial charge >= 0.3 is 0 Å². The topological polar surface area (TPSA) is 3.24 Å². The Labute approximate surface area is 356 Å². The van der Waals surface area contributed by atoms with Gasteiger partial charge in [0.25, 0.3) is 0 Å². The SMILES string of the molecule is CC1(C)c2ccccc2-c2ccc(N(c3ccc(-c4ccc(-c5ccc(C67CC8CC(CC(C8)C6)C7)cc5)cc4)cc3)c3ccc(C4=CCCC=C4)c4ccccc34)cc21. The second-order valence-corrected chi connectivity index (χ2v) is 19.5. The largest absolute Gasteiger partial charge is 0.310 e. The van der Waals surface area contributed by atoms with Gasteiger partial charge in [0.15, 0.2) is 0 Å². The monoisotopic (exact) mass is 775 g/mol. The van der Waals surface area contributed by atoms with Crippen molar-refractivity contribution in [2.75, 3.05) is 4.90 Å². The fourth-order valence-electron chi connectivity index (χ4n) is 12.9. The summed E-state index contributed by atoms with van der Waals surface area (Å²) in [6.07, 6.45) is 17.9. The van der Waals surface area contributed by atoms with E-state index in [1.54, 1.807) is 5.56 Å². The summed E-state index contributed by atoms with van der Waals surface area (Å²) in [5, 5.41) is 2.54. The highest BCUT2D eigenvalue weighted by Crippen LogP contribution is 2.61. The second kappa shape index (κ2) is 13.8. The third kappa shape index (κ3) is 5.80. The fourth-order valence-corrected chi connectivity index (χ4v) is 12.9. The van der Waals surface area contributed by atoms with E-state index >= 15 is 0 Å². The summed E-state index contributed by atoms with van der Waals surface area (Å²) in [5.74, 6) is 2.91. The molecule has 4 bridgehead atoms. The molecule has 13 rings (SSSR count). The number of nitrogens with zero attached hydrogens (tertiary/aromatic N) is 1. The lowest BCUT2D eigenvalue weighted by atomic mass is 9.48. The smallest absolute Gasteiger partial charge is 0.0540 e. The average Bonchev–Trinajstić information content (AvgIpc) is 3.52. The Morgan fingerprint density at radius 3 is 1.68 bits per heavy atom. The van der Waals surface area contributed by atoms with Crippen LogP contribution in [0.3, 0.4) is 0 Å². The number of hydrogen-bond acceptors (Lipinski definition) is 1. The molecule has 4 fully saturated rings. The van der Waals surface area contributed by atoms with E-state index in [9.17, 15) is 0 Å². The van der Waals surface area contributed by atoms with Gasteiger partial charge in [0.05, 0.1) is 5.69 Å². The van der Waals surface area contributed by atoms with Crippen molar-refractivity contribution in [3.8, 4) is 33.4 Å². The van der Waals surface area contributed by atoms with Crippen LogP contribution >= 0.6 is 0 Å². The van der Waals surface area contributed by atoms with Gasteiger partial charge in [0, 0.05) is 22.2 Å². The van der Waals surface area contributed by atoms with E-state index in [1.165, 1.54) is 116 Å². The number of anilines is 3. The van der Waals surface area contributed by atoms with Gasteiger partial charge < -0.3 is 4.90 Å². The molecule has 6 aliphatic carbocycles. The molecule has 0 aliphatic heterocycles. The van der Waals surface area contributed by atoms with Crippen molar-refractivity contribution in [3.63, 3.8) is 0 Å². The summed E-state index contributed by atoms with van der Waals surface area (Å²) in [6, 6.07) is 57.9. The van der Waals surface area contributed by atoms with E-state index in [1.807, 2.05) is 0 Å². The van der Waals surface area contributed by atoms with Crippen molar-refractivity contribution in [2.45, 2.75) is 76.0 Å². The quantitative estimate of drug-likeness (QED) is 0.156. The minimum absolute atomic E-state index is 0.0915. The van der Waals surface area contributed by atoms with Crippen molar-refractivity contribution < 1.29 is 0 Å². The molecule has 7 aromatic rings. The van der Waals surface area contributed by atoms with Gasteiger partial charge in [-0.3, -0.25) is 0 Å². The Morgan fingerprint density at radius 1 is 0.483 bits per heavy atom. The molecule has 0 saturated heterocycles. The lowest BCUT2D eigenvalue weighted by Gasteiger charge is -2.57. The summed E-state index contributed by atoms with van der Waals surface area (Å²) >= 11 is 0. The minimum Gasteiger partial charge on any atom is -0.310 e. The Morgan fingerprint density at radius 2 is 1.03 bits per heavy atom. The van der Waals surface area contributed by atoms with E-state index in [0.29, 0.717) is 5.41 Å². The summed E-state index contributed by atoms with van der Waals surface area (Å²) < 4.78 is 0. The van der Waals surface area contributed by atoms with E-state index in [4.69, 9.17) is 0 Å². The summed E-state index contributed by atoms with van der Waals surface area (Å²) in [4.78, 5) is 2.48. The first-order valence-corrected chi connectivity index (χ1v) is 22.7. The van der Waals surface area contributed by atoms with Crippen LogP contribution in [-0.2, 0) is 10.8 Å². The van der Waals surface area contributed by atoms with Crippen LogP contribution < -0.4 is 4.90 Å². The minimum atomic E-state index is -0.0915. The zero-order valence-electron chi connectivity index (χ0n) is 35.0. The zero-order valence-corrected chi connectivity index (χ0v) is 35.0. The first-order valence-electron chi connectivity index (χ1n) is 22.7. The third-order valence-corrected chi connectivity index (χ3v) is 15.5. The molecule has 0 spiro atoms. The van der Waals surface area contributed by atoms with Crippen molar-refractivity contribution in [1.82, 2.24) is 0 Å². The standard InChI is InChI=1S/C59H53N/c1-58(2)55-15-9-8-13-52(55)53-29-28-49(35-56(53)58)60(57-31-30-50(46-10-4-3-5-11-46)51-12-6-7-14-54(51)57)48-26-22-45(23-27-48)43-18-16-42(17-19-43)44-20-24-47(25-21-44)59-36-39-32-40(37-59)34-41(33-39)38-59/h4,6-31,35,39-41H,3,5,32-34,36-38H2,1-2H3. The van der Waals surface area contributed by atoms with Crippen molar-refractivity contribution in [3.05, 3.63) is 192 Å². The summed E-state index contributed by atoms with van der Waals surface area (Å²) in [6.45, 7) is 4.75. The molecule has 7 aromatic carbocycles. The van der Waals surface area contributed by atoms with E-state index < -0.39 is 0 Å². The molecule has 0 heterocycles. The number of allylic oxidation sites excluding steroid dienone is 4. The molecule has 6 aliphatic rings. The van der Waals surface area contributed by atoms with E-state index in [2.05, 4.69) is 189 Å². The molecule has 0 N–H and O–H groups in total. The number of hydrogen-bond donors (Lipinski definition) is 0. The van der Waals surface area contributed by atoms with Gasteiger partial charge in [-0.1, -0.05) is 153 Å². The molecule has 0 unspecified atom stereocenters. The highest BCUT2D eigenvalue weighted by Gasteiger charge is 2.51. The summed E-state index contributed by atoms with van der Waals surface area (Å²) in [5.41, 5.74) is 18.6. The Hall–Kier alpha value is -5.92. The molecule has 0 atom stereocenters. The number of fused-ring (bicyclic) bond motifs is 4. The van der Waals surface area contributed by atoms with Crippen molar-refractivity contribution in [1.29, 1.82) is 0 Å². The predicted octanol–water partition coefficient (Wildman–Crippen LogP) is 16.2. The van der Waals surface area contributed by atoms with Crippen LogP contribution in [0.25, 0.3) is 49.7 Å². The van der Waals surface area contributed by atoms with Gasteiger partial charge in [0.2, 0.25) is 0 Å². The van der Waals surface area contributed by atoms with E-state index in [-0.39, 0.29) is 5.41 Å². The first kappa shape index (κ1) is 36.0. The van der Waals surface area contributed by atoms with Crippen LogP contribution in [0.15, 0.2) is 170 Å². The fraction of sp³-hybridized carbons (Fsp3) is 0.254. The number of benzene rings is 7.